The molecule has 1 fully saturated rings. The molecule has 0 bridgehead atoms. The van der Waals surface area contributed by atoms with Crippen LogP contribution in [0.1, 0.15) is 49.4 Å². The van der Waals surface area contributed by atoms with Gasteiger partial charge in [0.15, 0.2) is 0 Å². The van der Waals surface area contributed by atoms with Gasteiger partial charge in [0.25, 0.3) is 5.91 Å². The number of hydrogen-bond acceptors (Lipinski definition) is 6. The van der Waals surface area contributed by atoms with E-state index in [2.05, 4.69) is 5.32 Å². The van der Waals surface area contributed by atoms with Gasteiger partial charge >= 0.3 is 5.97 Å². The van der Waals surface area contributed by atoms with Gasteiger partial charge in [0, 0.05) is 19.2 Å². The molecular weight excluding hydrogens is 376 g/mol. The molecule has 29 heavy (non-hydrogen) atoms. The van der Waals surface area contributed by atoms with E-state index < -0.39 is 0 Å². The molecule has 0 radical (unpaired) electrons. The Morgan fingerprint density at radius 1 is 1.31 bits per heavy atom. The molecular formula is C21H28N2O6. The first-order chi connectivity index (χ1) is 13.9. The summed E-state index contributed by atoms with van der Waals surface area (Å²) in [6.07, 6.45) is 2.16. The van der Waals surface area contributed by atoms with Gasteiger partial charge < -0.3 is 24.4 Å². The van der Waals surface area contributed by atoms with Crippen molar-refractivity contribution >= 4 is 23.5 Å². The van der Waals surface area contributed by atoms with E-state index in [4.69, 9.17) is 14.2 Å². The van der Waals surface area contributed by atoms with Crippen LogP contribution in [0.5, 0.6) is 5.75 Å². The highest BCUT2D eigenvalue weighted by Gasteiger charge is 2.39. The average molecular weight is 404 g/mol. The number of esters is 1. The van der Waals surface area contributed by atoms with Crippen LogP contribution in [0.15, 0.2) is 18.2 Å². The van der Waals surface area contributed by atoms with E-state index in [1.54, 1.807) is 30.1 Å². The lowest BCUT2D eigenvalue weighted by Crippen LogP contribution is -2.53. The molecule has 2 aliphatic heterocycles. The molecule has 0 saturated carbocycles. The molecule has 8 heteroatoms. The molecule has 3 rings (SSSR count). The topological polar surface area (TPSA) is 94.2 Å². The molecule has 8 nitrogen and oxygen atoms in total. The SMILES string of the molecule is CCCC(=O)Nc1ccc2c(c1)C(=O)N(C)[C@H]1CC[C@H](CC(=O)OC)O[C@H]1CO2. The summed E-state index contributed by atoms with van der Waals surface area (Å²) >= 11 is 0. The number of methoxy groups -OCH3 is 1. The first-order valence-corrected chi connectivity index (χ1v) is 9.99. The number of nitrogens with one attached hydrogen (secondary N) is 1. The number of amides is 2. The van der Waals surface area contributed by atoms with E-state index in [9.17, 15) is 14.4 Å². The van der Waals surface area contributed by atoms with E-state index in [-0.39, 0.29) is 49.1 Å². The molecule has 1 N–H and O–H groups in total. The number of ether oxygens (including phenoxy) is 3. The summed E-state index contributed by atoms with van der Waals surface area (Å²) in [5, 5.41) is 2.82. The zero-order valence-corrected chi connectivity index (χ0v) is 17.1. The van der Waals surface area contributed by atoms with E-state index in [0.29, 0.717) is 36.3 Å². The highest BCUT2D eigenvalue weighted by atomic mass is 16.5. The molecule has 0 aliphatic carbocycles. The van der Waals surface area contributed by atoms with Crippen LogP contribution >= 0.6 is 0 Å². The smallest absolute Gasteiger partial charge is 0.308 e. The van der Waals surface area contributed by atoms with Crippen LogP contribution in [0.2, 0.25) is 0 Å². The van der Waals surface area contributed by atoms with Gasteiger partial charge in [-0.15, -0.1) is 0 Å². The zero-order valence-electron chi connectivity index (χ0n) is 17.1. The number of carbonyl (C=O) groups is 3. The quantitative estimate of drug-likeness (QED) is 0.758. The molecule has 0 spiro atoms. The normalized spacial score (nSPS) is 23.8. The number of likely N-dealkylation sites (N-methyl/N-ethyl adjacent to an activating group) is 1. The molecule has 158 valence electrons. The Morgan fingerprint density at radius 2 is 2.10 bits per heavy atom. The number of hydrogen-bond donors (Lipinski definition) is 1. The number of anilines is 1. The van der Waals surface area contributed by atoms with E-state index in [1.807, 2.05) is 6.92 Å². The summed E-state index contributed by atoms with van der Waals surface area (Å²) in [5.74, 6) is -0.131. The van der Waals surface area contributed by atoms with Gasteiger partial charge in [0.05, 0.1) is 31.2 Å². The second kappa shape index (κ2) is 9.26. The standard InChI is InChI=1S/C21H28N2O6/c1-4-5-19(24)22-13-6-9-17-15(10-13)21(26)23(2)16-8-7-14(11-20(25)27-3)29-18(16)12-28-17/h6,9-10,14,16,18H,4-5,7-8,11-12H2,1-3H3,(H,22,24)/t14-,16+,18+/m1/s1. The van der Waals surface area contributed by atoms with Crippen molar-refractivity contribution in [2.45, 2.75) is 57.3 Å². The zero-order chi connectivity index (χ0) is 21.0. The number of benzene rings is 1. The first-order valence-electron chi connectivity index (χ1n) is 9.99. The fraction of sp³-hybridized carbons (Fsp3) is 0.571. The van der Waals surface area contributed by atoms with Crippen molar-refractivity contribution in [1.82, 2.24) is 4.90 Å². The molecule has 3 atom stereocenters. The fourth-order valence-electron chi connectivity index (χ4n) is 3.83. The number of rotatable bonds is 5. The largest absolute Gasteiger partial charge is 0.490 e. The van der Waals surface area contributed by atoms with Gasteiger partial charge in [-0.25, -0.2) is 0 Å². The Morgan fingerprint density at radius 3 is 2.83 bits per heavy atom. The second-order valence-electron chi connectivity index (χ2n) is 7.46. The first kappa shape index (κ1) is 21.1. The summed E-state index contributed by atoms with van der Waals surface area (Å²) < 4.78 is 16.7. The van der Waals surface area contributed by atoms with E-state index >= 15 is 0 Å². The maximum atomic E-state index is 13.1. The number of fused-ring (bicyclic) bond motifs is 2. The Labute approximate surface area is 170 Å². The minimum absolute atomic E-state index is 0.0857. The summed E-state index contributed by atoms with van der Waals surface area (Å²) in [5.41, 5.74) is 0.986. The predicted octanol–water partition coefficient (Wildman–Crippen LogP) is 2.37. The van der Waals surface area contributed by atoms with Crippen molar-refractivity contribution in [3.63, 3.8) is 0 Å². The van der Waals surface area contributed by atoms with Gasteiger partial charge in [-0.3, -0.25) is 14.4 Å². The van der Waals surface area contributed by atoms with Crippen molar-refractivity contribution in [3.05, 3.63) is 23.8 Å². The molecule has 1 aromatic rings. The molecule has 2 amide bonds. The van der Waals surface area contributed by atoms with Crippen molar-refractivity contribution < 1.29 is 28.6 Å². The Kier molecular flexibility index (Phi) is 6.74. The molecule has 1 saturated heterocycles. The minimum Gasteiger partial charge on any atom is -0.490 e. The number of nitrogens with zero attached hydrogens (tertiary/aromatic N) is 1. The van der Waals surface area contributed by atoms with Crippen molar-refractivity contribution in [3.8, 4) is 5.75 Å². The van der Waals surface area contributed by atoms with Crippen LogP contribution < -0.4 is 10.1 Å². The van der Waals surface area contributed by atoms with Crippen LogP contribution in [0.3, 0.4) is 0 Å². The Balaban J connectivity index is 1.77. The van der Waals surface area contributed by atoms with Crippen molar-refractivity contribution in [2.24, 2.45) is 0 Å². The Hall–Kier alpha value is -2.61. The summed E-state index contributed by atoms with van der Waals surface area (Å²) in [4.78, 5) is 38.2. The van der Waals surface area contributed by atoms with Gasteiger partial charge in [-0.05, 0) is 37.5 Å². The van der Waals surface area contributed by atoms with Crippen LogP contribution in [-0.4, -0.2) is 61.7 Å². The molecule has 0 unspecified atom stereocenters. The van der Waals surface area contributed by atoms with Gasteiger partial charge in [-0.2, -0.15) is 0 Å². The highest BCUT2D eigenvalue weighted by molar-refractivity contribution is 5.99. The van der Waals surface area contributed by atoms with Crippen LogP contribution in [0, 0.1) is 0 Å². The molecule has 2 heterocycles. The van der Waals surface area contributed by atoms with Crippen LogP contribution in [0.4, 0.5) is 5.69 Å². The average Bonchev–Trinajstić information content (AvgIpc) is 2.71. The minimum atomic E-state index is -0.329. The lowest BCUT2D eigenvalue weighted by Gasteiger charge is -2.42. The maximum absolute atomic E-state index is 13.1. The lowest BCUT2D eigenvalue weighted by molar-refractivity contribution is -0.151. The Bertz CT molecular complexity index is 780. The summed E-state index contributed by atoms with van der Waals surface area (Å²) in [6.45, 7) is 2.21. The van der Waals surface area contributed by atoms with Gasteiger partial charge in [-0.1, -0.05) is 6.92 Å². The fourth-order valence-corrected chi connectivity index (χ4v) is 3.83. The summed E-state index contributed by atoms with van der Waals surface area (Å²) in [7, 11) is 3.11. The molecule has 0 aromatic heterocycles. The third-order valence-electron chi connectivity index (χ3n) is 5.39. The third-order valence-corrected chi connectivity index (χ3v) is 5.39. The third kappa shape index (κ3) is 4.87. The lowest BCUT2D eigenvalue weighted by atomic mass is 9.94. The van der Waals surface area contributed by atoms with Crippen molar-refractivity contribution in [2.75, 3.05) is 26.1 Å². The van der Waals surface area contributed by atoms with E-state index in [1.165, 1.54) is 7.11 Å². The highest BCUT2D eigenvalue weighted by Crippen LogP contribution is 2.32. The predicted molar refractivity (Wildman–Crippen MR) is 106 cm³/mol. The molecule has 1 aromatic carbocycles. The number of carbonyl (C=O) groups excluding carboxylic acids is 3. The van der Waals surface area contributed by atoms with Gasteiger partial charge in [0.1, 0.15) is 18.5 Å². The maximum Gasteiger partial charge on any atom is 0.308 e. The van der Waals surface area contributed by atoms with Gasteiger partial charge in [0.2, 0.25) is 5.91 Å². The summed E-state index contributed by atoms with van der Waals surface area (Å²) in [6, 6.07) is 4.92. The van der Waals surface area contributed by atoms with Crippen LogP contribution in [-0.2, 0) is 19.1 Å². The van der Waals surface area contributed by atoms with Crippen molar-refractivity contribution in [1.29, 1.82) is 0 Å². The monoisotopic (exact) mass is 404 g/mol. The van der Waals surface area contributed by atoms with Crippen LogP contribution in [0.25, 0.3) is 0 Å². The van der Waals surface area contributed by atoms with E-state index in [0.717, 1.165) is 6.42 Å². The molecule has 2 aliphatic rings. The second-order valence-corrected chi connectivity index (χ2v) is 7.46.